The lowest BCUT2D eigenvalue weighted by molar-refractivity contribution is -0.122. The van der Waals surface area contributed by atoms with Crippen molar-refractivity contribution in [2.45, 2.75) is 51.9 Å². The van der Waals surface area contributed by atoms with E-state index in [1.54, 1.807) is 5.56 Å². The molecule has 0 radical (unpaired) electrons. The Kier molecular flexibility index (Phi) is 7.27. The van der Waals surface area contributed by atoms with Gasteiger partial charge in [0.1, 0.15) is 0 Å². The second-order valence-electron chi connectivity index (χ2n) is 8.25. The number of carbonyl (C=O) groups excluding carboxylic acids is 1. The molecule has 1 heterocycles. The van der Waals surface area contributed by atoms with Gasteiger partial charge in [0.25, 0.3) is 0 Å². The predicted octanol–water partition coefficient (Wildman–Crippen LogP) is 4.79. The van der Waals surface area contributed by atoms with Gasteiger partial charge < -0.3 is 10.2 Å². The number of nitrogens with one attached hydrogen (secondary N) is 1. The quantitative estimate of drug-likeness (QED) is 0.703. The second-order valence-corrected chi connectivity index (χ2v) is 8.25. The summed E-state index contributed by atoms with van der Waals surface area (Å²) in [4.78, 5) is 14.9. The van der Waals surface area contributed by atoms with Gasteiger partial charge in [-0.05, 0) is 82.3 Å². The molecule has 1 aliphatic heterocycles. The number of hydrogen-bond acceptors (Lipinski definition) is 2. The van der Waals surface area contributed by atoms with Crippen molar-refractivity contribution in [2.75, 3.05) is 26.2 Å². The zero-order valence-electron chi connectivity index (χ0n) is 17.6. The van der Waals surface area contributed by atoms with Crippen LogP contribution in [0.3, 0.4) is 0 Å². The first kappa shape index (κ1) is 20.6. The van der Waals surface area contributed by atoms with Crippen LogP contribution in [-0.2, 0) is 4.79 Å². The molecule has 0 saturated carbocycles. The van der Waals surface area contributed by atoms with Crippen LogP contribution in [0, 0.1) is 13.8 Å². The van der Waals surface area contributed by atoms with Crippen LogP contribution in [0.2, 0.25) is 0 Å². The number of amides is 1. The molecule has 3 nitrogen and oxygen atoms in total. The summed E-state index contributed by atoms with van der Waals surface area (Å²) in [5.41, 5.74) is 5.41. The van der Waals surface area contributed by atoms with Crippen molar-refractivity contribution in [3.63, 3.8) is 0 Å². The largest absolute Gasteiger partial charge is 0.356 e. The fourth-order valence-corrected chi connectivity index (χ4v) is 4.23. The van der Waals surface area contributed by atoms with E-state index in [4.69, 9.17) is 0 Å². The van der Waals surface area contributed by atoms with Crippen LogP contribution in [0.1, 0.15) is 60.3 Å². The van der Waals surface area contributed by atoms with Crippen LogP contribution in [0.15, 0.2) is 48.5 Å². The lowest BCUT2D eigenvalue weighted by atomic mass is 9.86. The molecule has 2 aromatic rings. The number of aryl methyl sites for hydroxylation is 2. The number of likely N-dealkylation sites (tertiary alicyclic amines) is 1. The topological polar surface area (TPSA) is 32.3 Å². The third-order valence-corrected chi connectivity index (χ3v) is 6.11. The summed E-state index contributed by atoms with van der Waals surface area (Å²) in [7, 11) is 0. The highest BCUT2D eigenvalue weighted by molar-refractivity contribution is 5.83. The van der Waals surface area contributed by atoms with Crippen LogP contribution in [0.25, 0.3) is 0 Å². The molecule has 0 aliphatic carbocycles. The van der Waals surface area contributed by atoms with Crippen LogP contribution >= 0.6 is 0 Å². The van der Waals surface area contributed by atoms with Gasteiger partial charge >= 0.3 is 0 Å². The Morgan fingerprint density at radius 1 is 1.11 bits per heavy atom. The molecule has 3 heteroatoms. The van der Waals surface area contributed by atoms with Crippen LogP contribution in [-0.4, -0.2) is 37.0 Å². The van der Waals surface area contributed by atoms with Gasteiger partial charge in [-0.3, -0.25) is 4.79 Å². The summed E-state index contributed by atoms with van der Waals surface area (Å²) < 4.78 is 0. The lowest BCUT2D eigenvalue weighted by Crippen LogP contribution is -2.36. The molecule has 2 aromatic carbocycles. The minimum absolute atomic E-state index is 0.0884. The van der Waals surface area contributed by atoms with Gasteiger partial charge in [-0.1, -0.05) is 54.1 Å². The van der Waals surface area contributed by atoms with Gasteiger partial charge in [-0.15, -0.1) is 0 Å². The van der Waals surface area contributed by atoms with Crippen molar-refractivity contribution < 1.29 is 4.79 Å². The zero-order chi connectivity index (χ0) is 19.9. The molecule has 1 atom stereocenters. The van der Waals surface area contributed by atoms with Gasteiger partial charge in [0.2, 0.25) is 5.91 Å². The van der Waals surface area contributed by atoms with Crippen LogP contribution < -0.4 is 5.32 Å². The molecule has 150 valence electrons. The summed E-state index contributed by atoms with van der Waals surface area (Å²) >= 11 is 0. The van der Waals surface area contributed by atoms with E-state index in [0.29, 0.717) is 5.92 Å². The minimum atomic E-state index is -0.0884. The van der Waals surface area contributed by atoms with Gasteiger partial charge in [0, 0.05) is 6.54 Å². The molecule has 0 bridgehead atoms. The normalized spacial score (nSPS) is 16.7. The van der Waals surface area contributed by atoms with E-state index in [-0.39, 0.29) is 11.8 Å². The van der Waals surface area contributed by atoms with Crippen molar-refractivity contribution in [2.24, 2.45) is 0 Å². The van der Waals surface area contributed by atoms with Crippen LogP contribution in [0.5, 0.6) is 0 Å². The number of carbonyl (C=O) groups is 1. The molecular weight excluding hydrogens is 344 g/mol. The molecule has 1 aliphatic rings. The number of benzene rings is 2. The van der Waals surface area contributed by atoms with E-state index in [1.807, 2.05) is 37.3 Å². The highest BCUT2D eigenvalue weighted by Gasteiger charge is 2.21. The first-order chi connectivity index (χ1) is 13.5. The van der Waals surface area contributed by atoms with Crippen molar-refractivity contribution in [1.29, 1.82) is 0 Å². The monoisotopic (exact) mass is 378 g/mol. The number of hydrogen-bond donors (Lipinski definition) is 1. The Morgan fingerprint density at radius 2 is 1.82 bits per heavy atom. The highest BCUT2D eigenvalue weighted by Crippen LogP contribution is 2.30. The molecule has 3 rings (SSSR count). The Hall–Kier alpha value is -2.13. The Morgan fingerprint density at radius 3 is 2.54 bits per heavy atom. The molecule has 1 saturated heterocycles. The molecule has 1 unspecified atom stereocenters. The molecular formula is C25H34N2O. The standard InChI is InChI=1S/C25H34N2O/c1-19-10-11-20(2)24(18-19)23-12-16-27(17-13-23)15-7-14-26-25(28)21(3)22-8-5-4-6-9-22/h4-6,8-11,18,21,23H,7,12-17H2,1-3H3,(H,26,28). The first-order valence-corrected chi connectivity index (χ1v) is 10.7. The summed E-state index contributed by atoms with van der Waals surface area (Å²) in [6.45, 7) is 10.5. The summed E-state index contributed by atoms with van der Waals surface area (Å²) in [6.07, 6.45) is 3.49. The minimum Gasteiger partial charge on any atom is -0.356 e. The van der Waals surface area contributed by atoms with Gasteiger partial charge in [-0.25, -0.2) is 0 Å². The Balaban J connectivity index is 1.37. The van der Waals surface area contributed by atoms with E-state index in [2.05, 4.69) is 42.3 Å². The average molecular weight is 379 g/mol. The molecule has 28 heavy (non-hydrogen) atoms. The second kappa shape index (κ2) is 9.88. The van der Waals surface area contributed by atoms with Crippen molar-refractivity contribution in [3.8, 4) is 0 Å². The average Bonchev–Trinajstić information content (AvgIpc) is 2.73. The van der Waals surface area contributed by atoms with Crippen LogP contribution in [0.4, 0.5) is 0 Å². The molecule has 1 N–H and O–H groups in total. The molecule has 1 fully saturated rings. The number of rotatable bonds is 7. The van der Waals surface area contributed by atoms with Crippen molar-refractivity contribution in [3.05, 3.63) is 70.8 Å². The van der Waals surface area contributed by atoms with E-state index in [1.165, 1.54) is 24.0 Å². The molecule has 0 spiro atoms. The maximum absolute atomic E-state index is 12.3. The highest BCUT2D eigenvalue weighted by atomic mass is 16.1. The summed E-state index contributed by atoms with van der Waals surface area (Å²) in [6, 6.07) is 16.8. The summed E-state index contributed by atoms with van der Waals surface area (Å²) in [5, 5.41) is 3.10. The zero-order valence-corrected chi connectivity index (χ0v) is 17.6. The maximum Gasteiger partial charge on any atom is 0.227 e. The summed E-state index contributed by atoms with van der Waals surface area (Å²) in [5.74, 6) is 0.733. The Labute approximate surface area is 170 Å². The molecule has 1 amide bonds. The smallest absolute Gasteiger partial charge is 0.227 e. The third kappa shape index (κ3) is 5.45. The predicted molar refractivity (Wildman–Crippen MR) is 117 cm³/mol. The fraction of sp³-hybridized carbons (Fsp3) is 0.480. The van der Waals surface area contributed by atoms with E-state index < -0.39 is 0 Å². The lowest BCUT2D eigenvalue weighted by Gasteiger charge is -2.33. The van der Waals surface area contributed by atoms with Gasteiger partial charge in [0.05, 0.1) is 5.92 Å². The Bertz CT molecular complexity index is 763. The van der Waals surface area contributed by atoms with Gasteiger partial charge in [-0.2, -0.15) is 0 Å². The number of piperidine rings is 1. The first-order valence-electron chi connectivity index (χ1n) is 10.7. The van der Waals surface area contributed by atoms with E-state index in [9.17, 15) is 4.79 Å². The third-order valence-electron chi connectivity index (χ3n) is 6.11. The van der Waals surface area contributed by atoms with E-state index >= 15 is 0 Å². The van der Waals surface area contributed by atoms with Gasteiger partial charge in [0.15, 0.2) is 0 Å². The molecule has 0 aromatic heterocycles. The van der Waals surface area contributed by atoms with Crippen molar-refractivity contribution in [1.82, 2.24) is 10.2 Å². The fourth-order valence-electron chi connectivity index (χ4n) is 4.23. The number of nitrogens with zero attached hydrogens (tertiary/aromatic N) is 1. The van der Waals surface area contributed by atoms with Crippen molar-refractivity contribution >= 4 is 5.91 Å². The van der Waals surface area contributed by atoms with E-state index in [0.717, 1.165) is 38.2 Å². The maximum atomic E-state index is 12.3. The SMILES string of the molecule is Cc1ccc(C)c(C2CCN(CCCNC(=O)C(C)c3ccccc3)CC2)c1.